The van der Waals surface area contributed by atoms with Crippen molar-refractivity contribution in [3.05, 3.63) is 35.4 Å². The van der Waals surface area contributed by atoms with E-state index in [2.05, 4.69) is 28.3 Å². The van der Waals surface area contributed by atoms with E-state index in [1.807, 2.05) is 24.1 Å². The van der Waals surface area contributed by atoms with Gasteiger partial charge in [-0.15, -0.1) is 0 Å². The highest BCUT2D eigenvalue weighted by Crippen LogP contribution is 2.31. The fourth-order valence-corrected chi connectivity index (χ4v) is 4.87. The Labute approximate surface area is 150 Å². The lowest BCUT2D eigenvalue weighted by molar-refractivity contribution is 0.0771. The van der Waals surface area contributed by atoms with Crippen LogP contribution in [-0.2, 0) is 0 Å². The van der Waals surface area contributed by atoms with Crippen molar-refractivity contribution >= 4 is 5.91 Å². The van der Waals surface area contributed by atoms with Gasteiger partial charge >= 0.3 is 0 Å². The molecule has 3 fully saturated rings. The molecule has 1 aromatic rings. The minimum atomic E-state index is 0.156. The lowest BCUT2D eigenvalue weighted by Crippen LogP contribution is -2.43. The van der Waals surface area contributed by atoms with Crippen LogP contribution in [0.2, 0.25) is 0 Å². The molecule has 136 valence electrons. The smallest absolute Gasteiger partial charge is 0.253 e. The number of likely N-dealkylation sites (N-methyl/N-ethyl adjacent to an activating group) is 1. The number of nitrogens with zero attached hydrogens (tertiary/aromatic N) is 1. The van der Waals surface area contributed by atoms with Crippen LogP contribution in [0.3, 0.4) is 0 Å². The summed E-state index contributed by atoms with van der Waals surface area (Å²) in [6.07, 6.45) is 6.27. The van der Waals surface area contributed by atoms with E-state index in [1.165, 1.54) is 31.2 Å². The Balaban J connectivity index is 1.46. The second-order valence-corrected chi connectivity index (χ2v) is 7.91. The summed E-state index contributed by atoms with van der Waals surface area (Å²) in [7, 11) is 1.95. The van der Waals surface area contributed by atoms with E-state index < -0.39 is 0 Å². The van der Waals surface area contributed by atoms with Crippen LogP contribution in [-0.4, -0.2) is 49.6 Å². The molecule has 2 heterocycles. The quantitative estimate of drug-likeness (QED) is 0.782. The highest BCUT2D eigenvalue weighted by atomic mass is 16.2. The van der Waals surface area contributed by atoms with E-state index in [0.717, 1.165) is 31.6 Å². The molecule has 3 N–H and O–H groups in total. The second kappa shape index (κ2) is 7.44. The average Bonchev–Trinajstić information content (AvgIpc) is 3.32. The van der Waals surface area contributed by atoms with Crippen molar-refractivity contribution in [1.29, 1.82) is 0 Å². The molecule has 3 aliphatic rings. The molecule has 0 bridgehead atoms. The Hall–Kier alpha value is -1.43. The minimum Gasteiger partial charge on any atom is -0.340 e. The van der Waals surface area contributed by atoms with Crippen molar-refractivity contribution in [3.8, 4) is 0 Å². The molecule has 5 nitrogen and oxygen atoms in total. The molecule has 1 aliphatic carbocycles. The van der Waals surface area contributed by atoms with E-state index in [9.17, 15) is 4.79 Å². The molecule has 2 aliphatic heterocycles. The van der Waals surface area contributed by atoms with Crippen LogP contribution in [0.15, 0.2) is 24.3 Å². The van der Waals surface area contributed by atoms with Crippen LogP contribution in [0.25, 0.3) is 0 Å². The number of rotatable bonds is 4. The van der Waals surface area contributed by atoms with Crippen molar-refractivity contribution in [2.45, 2.75) is 50.1 Å². The topological polar surface area (TPSA) is 56.4 Å². The molecule has 4 atom stereocenters. The summed E-state index contributed by atoms with van der Waals surface area (Å²) in [5.41, 5.74) is 8.99. The molecule has 2 saturated heterocycles. The van der Waals surface area contributed by atoms with Crippen molar-refractivity contribution < 1.29 is 4.79 Å². The number of carbonyl (C=O) groups excluding carboxylic acids is 1. The molecule has 4 unspecified atom stereocenters. The van der Waals surface area contributed by atoms with Gasteiger partial charge in [0.15, 0.2) is 0 Å². The van der Waals surface area contributed by atoms with Gasteiger partial charge in [0.25, 0.3) is 5.91 Å². The maximum absolute atomic E-state index is 13.1. The molecule has 4 rings (SSSR count). The summed E-state index contributed by atoms with van der Waals surface area (Å²) in [5, 5.41) is 3.41. The van der Waals surface area contributed by atoms with Gasteiger partial charge in [-0.2, -0.15) is 0 Å². The van der Waals surface area contributed by atoms with E-state index in [4.69, 9.17) is 0 Å². The summed E-state index contributed by atoms with van der Waals surface area (Å²) >= 11 is 0. The Kier molecular flexibility index (Phi) is 5.06. The first-order chi connectivity index (χ1) is 12.2. The highest BCUT2D eigenvalue weighted by Gasteiger charge is 2.38. The van der Waals surface area contributed by atoms with Gasteiger partial charge in [0.2, 0.25) is 0 Å². The number of hydrazine groups is 1. The third-order valence-electron chi connectivity index (χ3n) is 6.30. The van der Waals surface area contributed by atoms with Crippen LogP contribution in [0.4, 0.5) is 0 Å². The molecule has 5 heteroatoms. The third kappa shape index (κ3) is 3.46. The fourth-order valence-electron chi connectivity index (χ4n) is 4.87. The maximum atomic E-state index is 13.1. The van der Waals surface area contributed by atoms with Gasteiger partial charge < -0.3 is 10.2 Å². The van der Waals surface area contributed by atoms with Gasteiger partial charge in [0.05, 0.1) is 0 Å². The zero-order chi connectivity index (χ0) is 17.2. The highest BCUT2D eigenvalue weighted by molar-refractivity contribution is 5.95. The van der Waals surface area contributed by atoms with E-state index >= 15 is 0 Å². The lowest BCUT2D eigenvalue weighted by atomic mass is 9.81. The van der Waals surface area contributed by atoms with Crippen LogP contribution in [0, 0.1) is 5.92 Å². The molecule has 1 saturated carbocycles. The van der Waals surface area contributed by atoms with Crippen LogP contribution >= 0.6 is 0 Å². The maximum Gasteiger partial charge on any atom is 0.253 e. The number of carbonyl (C=O) groups is 1. The third-order valence-corrected chi connectivity index (χ3v) is 6.30. The summed E-state index contributed by atoms with van der Waals surface area (Å²) in [4.78, 5) is 15.0. The number of hydrogen-bond acceptors (Lipinski definition) is 4. The Morgan fingerprint density at radius 2 is 2.00 bits per heavy atom. The molecule has 1 amide bonds. The Morgan fingerprint density at radius 1 is 1.16 bits per heavy atom. The SMILES string of the molecule is CN(CC1NNC2CCCCC21)C(=O)c1ccccc1C1CCNC1. The van der Waals surface area contributed by atoms with Crippen LogP contribution < -0.4 is 16.2 Å². The molecule has 0 aromatic heterocycles. The number of amides is 1. The molecule has 1 aromatic carbocycles. The van der Waals surface area contributed by atoms with E-state index in [0.29, 0.717) is 23.9 Å². The van der Waals surface area contributed by atoms with Crippen LogP contribution in [0.5, 0.6) is 0 Å². The fraction of sp³-hybridized carbons (Fsp3) is 0.650. The van der Waals surface area contributed by atoms with Gasteiger partial charge in [-0.25, -0.2) is 0 Å². The predicted molar refractivity (Wildman–Crippen MR) is 99.4 cm³/mol. The molecule has 25 heavy (non-hydrogen) atoms. The first-order valence-corrected chi connectivity index (χ1v) is 9.80. The lowest BCUT2D eigenvalue weighted by Gasteiger charge is -2.30. The molecule has 0 radical (unpaired) electrons. The number of fused-ring (bicyclic) bond motifs is 1. The normalized spacial score (nSPS) is 31.7. The Bertz CT molecular complexity index is 613. The van der Waals surface area contributed by atoms with Crippen molar-refractivity contribution in [2.24, 2.45) is 5.92 Å². The molecule has 0 spiro atoms. The van der Waals surface area contributed by atoms with Gasteiger partial charge in [-0.05, 0) is 49.3 Å². The van der Waals surface area contributed by atoms with Gasteiger partial charge in [-0.1, -0.05) is 31.0 Å². The summed E-state index contributed by atoms with van der Waals surface area (Å²) in [5.74, 6) is 1.27. The van der Waals surface area contributed by atoms with E-state index in [-0.39, 0.29) is 5.91 Å². The first-order valence-electron chi connectivity index (χ1n) is 9.80. The van der Waals surface area contributed by atoms with E-state index in [1.54, 1.807) is 0 Å². The van der Waals surface area contributed by atoms with Crippen molar-refractivity contribution in [1.82, 2.24) is 21.1 Å². The number of benzene rings is 1. The average molecular weight is 342 g/mol. The standard InChI is InChI=1S/C20H30N4O/c1-24(13-19-17-8-4-5-9-18(17)22-23-19)20(25)16-7-3-2-6-15(16)14-10-11-21-12-14/h2-3,6-7,14,17-19,21-23H,4-5,8-13H2,1H3. The van der Waals surface area contributed by atoms with Gasteiger partial charge in [0, 0.05) is 37.8 Å². The molecular weight excluding hydrogens is 312 g/mol. The zero-order valence-electron chi connectivity index (χ0n) is 15.1. The largest absolute Gasteiger partial charge is 0.340 e. The zero-order valence-corrected chi connectivity index (χ0v) is 15.1. The summed E-state index contributed by atoms with van der Waals surface area (Å²) in [6.45, 7) is 2.79. The van der Waals surface area contributed by atoms with Gasteiger partial charge in [-0.3, -0.25) is 15.6 Å². The van der Waals surface area contributed by atoms with Crippen molar-refractivity contribution in [2.75, 3.05) is 26.7 Å². The monoisotopic (exact) mass is 342 g/mol. The van der Waals surface area contributed by atoms with Crippen LogP contribution in [0.1, 0.15) is 53.9 Å². The second-order valence-electron chi connectivity index (χ2n) is 7.91. The Morgan fingerprint density at radius 3 is 2.84 bits per heavy atom. The molecular formula is C20H30N4O. The summed E-state index contributed by atoms with van der Waals surface area (Å²) < 4.78 is 0. The minimum absolute atomic E-state index is 0.156. The number of nitrogens with one attached hydrogen (secondary N) is 3. The van der Waals surface area contributed by atoms with Crippen molar-refractivity contribution in [3.63, 3.8) is 0 Å². The van der Waals surface area contributed by atoms with Gasteiger partial charge in [0.1, 0.15) is 0 Å². The first kappa shape index (κ1) is 17.0. The predicted octanol–water partition coefficient (Wildman–Crippen LogP) is 1.87. The summed E-state index contributed by atoms with van der Waals surface area (Å²) in [6, 6.07) is 9.11. The number of hydrogen-bond donors (Lipinski definition) is 3.